The Hall–Kier alpha value is 0.0500. The van der Waals surface area contributed by atoms with Crippen molar-refractivity contribution in [2.75, 3.05) is 26.2 Å². The fourth-order valence-electron chi connectivity index (χ4n) is 2.40. The molecule has 0 radical (unpaired) electrons. The van der Waals surface area contributed by atoms with E-state index in [0.717, 1.165) is 34.2 Å². The Morgan fingerprint density at radius 3 is 2.65 bits per heavy atom. The number of piperidine rings is 1. The average Bonchev–Trinajstić information content (AvgIpc) is 2.72. The lowest BCUT2D eigenvalue weighted by Crippen LogP contribution is -2.39. The number of sulfonamides is 1. The van der Waals surface area contributed by atoms with E-state index in [1.807, 2.05) is 6.92 Å². The molecule has 7 heteroatoms. The molecule has 1 aliphatic heterocycles. The Kier molecular flexibility index (Phi) is 5.64. The first-order chi connectivity index (χ1) is 9.38. The highest BCUT2D eigenvalue weighted by Crippen LogP contribution is 2.29. The number of hydrogen-bond donors (Lipinski definition) is 1. The maximum Gasteiger partial charge on any atom is 0.241 e. The minimum Gasteiger partial charge on any atom is -0.302 e. The van der Waals surface area contributed by atoms with E-state index in [9.17, 15) is 8.42 Å². The lowest BCUT2D eigenvalue weighted by Gasteiger charge is -2.30. The summed E-state index contributed by atoms with van der Waals surface area (Å²) in [6, 6.07) is 1.67. The van der Waals surface area contributed by atoms with Crippen LogP contribution in [0.15, 0.2) is 14.7 Å². The summed E-state index contributed by atoms with van der Waals surface area (Å²) in [6.07, 6.45) is 2.42. The number of nitrogens with zero attached hydrogens (tertiary/aromatic N) is 1. The van der Waals surface area contributed by atoms with Crippen LogP contribution in [0.4, 0.5) is 0 Å². The predicted molar refractivity (Wildman–Crippen MR) is 86.8 cm³/mol. The molecule has 0 aromatic carbocycles. The summed E-state index contributed by atoms with van der Waals surface area (Å²) in [5.41, 5.74) is 0. The Morgan fingerprint density at radius 1 is 1.45 bits per heavy atom. The smallest absolute Gasteiger partial charge is 0.241 e. The Labute approximate surface area is 133 Å². The van der Waals surface area contributed by atoms with Crippen molar-refractivity contribution in [2.24, 2.45) is 5.92 Å². The highest BCUT2D eigenvalue weighted by atomic mass is 79.9. The molecule has 0 atom stereocenters. The van der Waals surface area contributed by atoms with E-state index < -0.39 is 10.0 Å². The zero-order chi connectivity index (χ0) is 14.8. The van der Waals surface area contributed by atoms with Gasteiger partial charge < -0.3 is 4.90 Å². The summed E-state index contributed by atoms with van der Waals surface area (Å²) in [5, 5.41) is 0. The van der Waals surface area contributed by atoms with Gasteiger partial charge in [-0.25, -0.2) is 13.1 Å². The van der Waals surface area contributed by atoms with Gasteiger partial charge in [0, 0.05) is 18.0 Å². The van der Waals surface area contributed by atoms with Gasteiger partial charge in [-0.3, -0.25) is 0 Å². The van der Waals surface area contributed by atoms with Gasteiger partial charge >= 0.3 is 0 Å². The van der Waals surface area contributed by atoms with Crippen molar-refractivity contribution >= 4 is 37.3 Å². The van der Waals surface area contributed by atoms with E-state index >= 15 is 0 Å². The fraction of sp³-hybridized carbons (Fsp3) is 0.692. The number of hydrogen-bond acceptors (Lipinski definition) is 4. The second-order valence-electron chi connectivity index (χ2n) is 5.39. The second kappa shape index (κ2) is 6.87. The number of rotatable bonds is 5. The molecule has 1 aliphatic rings. The molecule has 1 aromatic heterocycles. The van der Waals surface area contributed by atoms with Crippen molar-refractivity contribution in [3.05, 3.63) is 14.7 Å². The van der Waals surface area contributed by atoms with Gasteiger partial charge in [-0.2, -0.15) is 0 Å². The van der Waals surface area contributed by atoms with Crippen molar-refractivity contribution in [3.8, 4) is 0 Å². The molecule has 0 saturated carbocycles. The summed E-state index contributed by atoms with van der Waals surface area (Å²) in [5.74, 6) is 0.800. The number of aryl methyl sites for hydroxylation is 1. The Bertz CT molecular complexity index is 549. The minimum atomic E-state index is -3.38. The zero-order valence-corrected chi connectivity index (χ0v) is 15.1. The lowest BCUT2D eigenvalue weighted by molar-refractivity contribution is 0.195. The van der Waals surface area contributed by atoms with Crippen molar-refractivity contribution in [2.45, 2.75) is 31.6 Å². The number of likely N-dealkylation sites (tertiary alicyclic amines) is 1. The fourth-order valence-corrected chi connectivity index (χ4v) is 5.83. The number of thiophene rings is 1. The quantitative estimate of drug-likeness (QED) is 0.853. The first kappa shape index (κ1) is 16.4. The van der Waals surface area contributed by atoms with Crippen LogP contribution in [0.25, 0.3) is 0 Å². The van der Waals surface area contributed by atoms with E-state index in [-0.39, 0.29) is 0 Å². The van der Waals surface area contributed by atoms with Gasteiger partial charge in [-0.1, -0.05) is 6.92 Å². The molecule has 0 unspecified atom stereocenters. The molecule has 1 aromatic rings. The molecule has 0 bridgehead atoms. The van der Waals surface area contributed by atoms with Crippen LogP contribution in [-0.2, 0) is 10.0 Å². The Morgan fingerprint density at radius 2 is 2.10 bits per heavy atom. The van der Waals surface area contributed by atoms with Gasteiger partial charge in [0.15, 0.2) is 0 Å². The van der Waals surface area contributed by atoms with Gasteiger partial charge in [0.2, 0.25) is 10.0 Å². The van der Waals surface area contributed by atoms with Crippen LogP contribution < -0.4 is 4.72 Å². The molecule has 4 nitrogen and oxygen atoms in total. The van der Waals surface area contributed by atoms with E-state index in [0.29, 0.717) is 11.4 Å². The molecule has 2 rings (SSSR count). The lowest BCUT2D eigenvalue weighted by atomic mass is 9.99. The molecule has 0 spiro atoms. The van der Waals surface area contributed by atoms with Crippen LogP contribution in [0.1, 0.15) is 24.6 Å². The molecule has 1 fully saturated rings. The van der Waals surface area contributed by atoms with E-state index in [1.165, 1.54) is 24.2 Å². The molecular weight excluding hydrogens is 360 g/mol. The highest BCUT2D eigenvalue weighted by molar-refractivity contribution is 9.11. The van der Waals surface area contributed by atoms with Crippen LogP contribution in [0.5, 0.6) is 0 Å². The van der Waals surface area contributed by atoms with Crippen molar-refractivity contribution in [3.63, 3.8) is 0 Å². The summed E-state index contributed by atoms with van der Waals surface area (Å²) in [4.78, 5) is 3.54. The van der Waals surface area contributed by atoms with Crippen LogP contribution in [0.3, 0.4) is 0 Å². The van der Waals surface area contributed by atoms with Crippen molar-refractivity contribution in [1.29, 1.82) is 0 Å². The topological polar surface area (TPSA) is 49.4 Å². The maximum absolute atomic E-state index is 12.2. The molecule has 0 aliphatic carbocycles. The van der Waals surface area contributed by atoms with Crippen LogP contribution in [-0.4, -0.2) is 39.5 Å². The van der Waals surface area contributed by atoms with E-state index in [4.69, 9.17) is 0 Å². The monoisotopic (exact) mass is 380 g/mol. The van der Waals surface area contributed by atoms with E-state index in [2.05, 4.69) is 32.5 Å². The van der Waals surface area contributed by atoms with Gasteiger partial charge in [0.05, 0.1) is 8.68 Å². The summed E-state index contributed by atoms with van der Waals surface area (Å²) >= 11 is 4.77. The van der Waals surface area contributed by atoms with Gasteiger partial charge in [0.1, 0.15) is 0 Å². The third kappa shape index (κ3) is 4.27. The van der Waals surface area contributed by atoms with Crippen molar-refractivity contribution in [1.82, 2.24) is 9.62 Å². The predicted octanol–water partition coefficient (Wildman–Crippen LogP) is 2.83. The molecule has 1 saturated heterocycles. The first-order valence-electron chi connectivity index (χ1n) is 6.86. The average molecular weight is 381 g/mol. The van der Waals surface area contributed by atoms with Crippen molar-refractivity contribution < 1.29 is 8.42 Å². The van der Waals surface area contributed by atoms with Gasteiger partial charge in [0.25, 0.3) is 0 Å². The molecule has 114 valence electrons. The number of halogens is 1. The number of nitrogens with one attached hydrogen (secondary N) is 1. The molecular formula is C13H21BrN2O2S2. The Balaban J connectivity index is 1.85. The molecule has 2 heterocycles. The summed E-state index contributed by atoms with van der Waals surface area (Å²) in [7, 11) is -3.38. The summed E-state index contributed by atoms with van der Waals surface area (Å²) in [6.45, 7) is 7.52. The van der Waals surface area contributed by atoms with E-state index in [1.54, 1.807) is 6.07 Å². The minimum absolute atomic E-state index is 0.390. The third-order valence-electron chi connectivity index (χ3n) is 3.73. The summed E-state index contributed by atoms with van der Waals surface area (Å²) < 4.78 is 28.0. The second-order valence-corrected chi connectivity index (χ2v) is 9.76. The highest BCUT2D eigenvalue weighted by Gasteiger charge is 2.20. The maximum atomic E-state index is 12.2. The van der Waals surface area contributed by atoms with Crippen LogP contribution in [0.2, 0.25) is 0 Å². The van der Waals surface area contributed by atoms with Crippen LogP contribution in [0, 0.1) is 12.8 Å². The molecule has 1 N–H and O–H groups in total. The zero-order valence-electron chi connectivity index (χ0n) is 11.9. The third-order valence-corrected chi connectivity index (χ3v) is 7.00. The standard InChI is InChI=1S/C13H21BrN2O2S2/c1-10-3-6-16(7-4-10)8-5-15-20(17,18)12-9-13(14)19-11(12)2/h9-10,15H,3-8H2,1-2H3. The van der Waals surface area contributed by atoms with Gasteiger partial charge in [-0.05, 0) is 60.8 Å². The SMILES string of the molecule is Cc1sc(Br)cc1S(=O)(=O)NCCN1CCC(C)CC1. The molecule has 0 amide bonds. The largest absolute Gasteiger partial charge is 0.302 e. The first-order valence-corrected chi connectivity index (χ1v) is 9.95. The molecule has 20 heavy (non-hydrogen) atoms. The van der Waals surface area contributed by atoms with Crippen LogP contribution >= 0.6 is 27.3 Å². The van der Waals surface area contributed by atoms with Gasteiger partial charge in [-0.15, -0.1) is 11.3 Å². The normalized spacial score (nSPS) is 18.6.